The Hall–Kier alpha value is -1.20. The van der Waals surface area contributed by atoms with Crippen LogP contribution in [-0.2, 0) is 0 Å². The van der Waals surface area contributed by atoms with Gasteiger partial charge in [-0.1, -0.05) is 18.0 Å². The molecule has 1 N–H and O–H groups in total. The van der Waals surface area contributed by atoms with E-state index >= 15 is 0 Å². The summed E-state index contributed by atoms with van der Waals surface area (Å²) in [6, 6.07) is 0.739. The molecule has 2 aliphatic heterocycles. The Labute approximate surface area is 117 Å². The van der Waals surface area contributed by atoms with Crippen LogP contribution in [0.2, 0.25) is 5.15 Å². The molecule has 3 rings (SSSR count). The third-order valence-corrected chi connectivity index (χ3v) is 4.22. The van der Waals surface area contributed by atoms with Gasteiger partial charge in [0.15, 0.2) is 0 Å². The Balaban J connectivity index is 1.65. The number of hydrogen-bond donors (Lipinski definition) is 1. The van der Waals surface area contributed by atoms with Crippen LogP contribution in [0.1, 0.15) is 36.2 Å². The molecule has 0 saturated carbocycles. The maximum atomic E-state index is 12.1. The van der Waals surface area contributed by atoms with Crippen LogP contribution in [0, 0.1) is 0 Å². The van der Waals surface area contributed by atoms with E-state index in [4.69, 9.17) is 11.6 Å². The molecule has 2 fully saturated rings. The van der Waals surface area contributed by atoms with Gasteiger partial charge in [-0.3, -0.25) is 9.69 Å². The molecule has 1 amide bonds. The number of amides is 1. The summed E-state index contributed by atoms with van der Waals surface area (Å²) in [5.74, 6) is -0.151. The predicted molar refractivity (Wildman–Crippen MR) is 72.1 cm³/mol. The van der Waals surface area contributed by atoms with Gasteiger partial charge in [-0.2, -0.15) is 0 Å². The highest BCUT2D eigenvalue weighted by Gasteiger charge is 2.36. The summed E-state index contributed by atoms with van der Waals surface area (Å²) < 4.78 is 0. The molecule has 0 radical (unpaired) electrons. The molecule has 0 aromatic carbocycles. The van der Waals surface area contributed by atoms with Gasteiger partial charge >= 0.3 is 0 Å². The first-order chi connectivity index (χ1) is 9.24. The molecule has 19 heavy (non-hydrogen) atoms. The minimum atomic E-state index is -0.151. The molecule has 2 unspecified atom stereocenters. The fourth-order valence-electron chi connectivity index (χ4n) is 3.09. The Kier molecular flexibility index (Phi) is 3.66. The van der Waals surface area contributed by atoms with Crippen molar-refractivity contribution in [3.8, 4) is 0 Å². The zero-order chi connectivity index (χ0) is 13.2. The second-order valence-electron chi connectivity index (χ2n) is 5.19. The first kappa shape index (κ1) is 12.8. The molecule has 5 nitrogen and oxygen atoms in total. The van der Waals surface area contributed by atoms with Crippen molar-refractivity contribution >= 4 is 17.5 Å². The molecule has 0 bridgehead atoms. The van der Waals surface area contributed by atoms with Crippen LogP contribution >= 0.6 is 11.6 Å². The van der Waals surface area contributed by atoms with E-state index < -0.39 is 0 Å². The largest absolute Gasteiger partial charge is 0.346 e. The van der Waals surface area contributed by atoms with Crippen molar-refractivity contribution in [2.75, 3.05) is 13.1 Å². The average molecular weight is 281 g/mol. The van der Waals surface area contributed by atoms with Crippen LogP contribution in [0.3, 0.4) is 0 Å². The lowest BCUT2D eigenvalue weighted by molar-refractivity contribution is 0.0910. The third-order valence-electron chi connectivity index (χ3n) is 4.03. The quantitative estimate of drug-likeness (QED) is 0.892. The minimum Gasteiger partial charge on any atom is -0.346 e. The highest BCUT2D eigenvalue weighted by molar-refractivity contribution is 6.29. The number of carbonyl (C=O) groups is 1. The van der Waals surface area contributed by atoms with Crippen molar-refractivity contribution in [2.24, 2.45) is 0 Å². The lowest BCUT2D eigenvalue weighted by Crippen LogP contribution is -2.46. The van der Waals surface area contributed by atoms with Crippen LogP contribution < -0.4 is 5.32 Å². The molecule has 0 spiro atoms. The average Bonchev–Trinajstić information content (AvgIpc) is 2.83. The van der Waals surface area contributed by atoms with E-state index in [0.29, 0.717) is 16.9 Å². The lowest BCUT2D eigenvalue weighted by Gasteiger charge is -2.32. The number of fused-ring (bicyclic) bond motifs is 1. The number of rotatable bonds is 2. The number of nitrogens with one attached hydrogen (secondary N) is 1. The monoisotopic (exact) mass is 280 g/mol. The zero-order valence-electron chi connectivity index (χ0n) is 10.7. The van der Waals surface area contributed by atoms with Gasteiger partial charge in [0.1, 0.15) is 10.8 Å². The lowest BCUT2D eigenvalue weighted by atomic mass is 9.99. The van der Waals surface area contributed by atoms with Gasteiger partial charge in [-0.05, 0) is 25.8 Å². The summed E-state index contributed by atoms with van der Waals surface area (Å²) >= 11 is 5.67. The molecular formula is C13H17ClN4O. The zero-order valence-corrected chi connectivity index (χ0v) is 11.4. The summed E-state index contributed by atoms with van der Waals surface area (Å²) in [6.45, 7) is 2.25. The maximum absolute atomic E-state index is 12.1. The highest BCUT2D eigenvalue weighted by atomic mass is 35.5. The van der Waals surface area contributed by atoms with Crippen LogP contribution in [-0.4, -0.2) is 45.9 Å². The van der Waals surface area contributed by atoms with Crippen molar-refractivity contribution in [2.45, 2.75) is 37.8 Å². The molecule has 0 aliphatic carbocycles. The van der Waals surface area contributed by atoms with Gasteiger partial charge in [0.2, 0.25) is 0 Å². The normalized spacial score (nSPS) is 27.0. The molecule has 2 aliphatic rings. The van der Waals surface area contributed by atoms with E-state index in [0.717, 1.165) is 19.5 Å². The van der Waals surface area contributed by atoms with Crippen molar-refractivity contribution in [3.05, 3.63) is 23.2 Å². The summed E-state index contributed by atoms with van der Waals surface area (Å²) in [6.07, 6.45) is 7.56. The van der Waals surface area contributed by atoms with Crippen LogP contribution in [0.25, 0.3) is 0 Å². The summed E-state index contributed by atoms with van der Waals surface area (Å²) in [5, 5.41) is 3.39. The highest BCUT2D eigenvalue weighted by Crippen LogP contribution is 2.27. The van der Waals surface area contributed by atoms with Crippen molar-refractivity contribution in [1.29, 1.82) is 0 Å². The number of piperidine rings is 1. The van der Waals surface area contributed by atoms with Crippen LogP contribution in [0.4, 0.5) is 0 Å². The van der Waals surface area contributed by atoms with E-state index in [1.165, 1.54) is 31.7 Å². The minimum absolute atomic E-state index is 0.151. The number of aromatic nitrogens is 2. The van der Waals surface area contributed by atoms with Gasteiger partial charge in [0, 0.05) is 18.6 Å². The standard InChI is InChI=1S/C13H17ClN4O/c14-12-8-15-10(7-16-12)13(19)17-9-4-6-18-5-2-1-3-11(9)18/h7-9,11H,1-6H2,(H,17,19). The van der Waals surface area contributed by atoms with E-state index in [1.54, 1.807) is 0 Å². The van der Waals surface area contributed by atoms with Crippen molar-refractivity contribution < 1.29 is 4.79 Å². The summed E-state index contributed by atoms with van der Waals surface area (Å²) in [5.41, 5.74) is 0.332. The molecular weight excluding hydrogens is 264 g/mol. The van der Waals surface area contributed by atoms with Crippen molar-refractivity contribution in [3.63, 3.8) is 0 Å². The van der Waals surface area contributed by atoms with Crippen LogP contribution in [0.15, 0.2) is 12.4 Å². The second-order valence-corrected chi connectivity index (χ2v) is 5.58. The molecule has 3 heterocycles. The number of hydrogen-bond acceptors (Lipinski definition) is 4. The Morgan fingerprint density at radius 3 is 2.95 bits per heavy atom. The third kappa shape index (κ3) is 2.72. The SMILES string of the molecule is O=C(NC1CCN2CCCCC12)c1cnc(Cl)cn1. The Morgan fingerprint density at radius 1 is 1.26 bits per heavy atom. The maximum Gasteiger partial charge on any atom is 0.271 e. The van der Waals surface area contributed by atoms with Gasteiger partial charge < -0.3 is 5.32 Å². The van der Waals surface area contributed by atoms with Gasteiger partial charge in [0.25, 0.3) is 5.91 Å². The fourth-order valence-corrected chi connectivity index (χ4v) is 3.19. The topological polar surface area (TPSA) is 58.1 Å². The predicted octanol–water partition coefficient (Wildman–Crippen LogP) is 1.49. The molecule has 6 heteroatoms. The molecule has 2 atom stereocenters. The van der Waals surface area contributed by atoms with E-state index in [2.05, 4.69) is 20.2 Å². The summed E-state index contributed by atoms with van der Waals surface area (Å²) in [4.78, 5) is 22.5. The fraction of sp³-hybridized carbons (Fsp3) is 0.615. The molecule has 102 valence electrons. The van der Waals surface area contributed by atoms with Gasteiger partial charge in [-0.25, -0.2) is 9.97 Å². The van der Waals surface area contributed by atoms with Crippen molar-refractivity contribution in [1.82, 2.24) is 20.2 Å². The molecule has 1 aromatic heterocycles. The smallest absolute Gasteiger partial charge is 0.271 e. The van der Waals surface area contributed by atoms with E-state index in [-0.39, 0.29) is 11.9 Å². The Bertz CT molecular complexity index is 464. The number of nitrogens with zero attached hydrogens (tertiary/aromatic N) is 3. The van der Waals surface area contributed by atoms with Gasteiger partial charge in [0.05, 0.1) is 12.4 Å². The molecule has 1 aromatic rings. The Morgan fingerprint density at radius 2 is 2.16 bits per heavy atom. The first-order valence-corrected chi connectivity index (χ1v) is 7.14. The van der Waals surface area contributed by atoms with Crippen LogP contribution in [0.5, 0.6) is 0 Å². The first-order valence-electron chi connectivity index (χ1n) is 6.76. The van der Waals surface area contributed by atoms with E-state index in [1.807, 2.05) is 0 Å². The number of carbonyl (C=O) groups excluding carboxylic acids is 1. The summed E-state index contributed by atoms with van der Waals surface area (Å²) in [7, 11) is 0. The second kappa shape index (κ2) is 5.43. The van der Waals surface area contributed by atoms with Gasteiger partial charge in [-0.15, -0.1) is 0 Å². The molecule has 2 saturated heterocycles. The number of halogens is 1. The van der Waals surface area contributed by atoms with E-state index in [9.17, 15) is 4.79 Å².